The maximum absolute atomic E-state index is 14.9. The Morgan fingerprint density at radius 3 is 2.85 bits per heavy atom. The van der Waals surface area contributed by atoms with E-state index in [2.05, 4.69) is 20.3 Å². The number of hydrogen-bond acceptors (Lipinski definition) is 6. The van der Waals surface area contributed by atoms with Crippen LogP contribution in [-0.2, 0) is 4.74 Å². The molecule has 0 spiro atoms. The highest BCUT2D eigenvalue weighted by atomic mass is 35.5. The van der Waals surface area contributed by atoms with Crippen molar-refractivity contribution in [1.82, 2.24) is 24.8 Å². The number of amides is 1. The third kappa shape index (κ3) is 2.93. The molecule has 0 aliphatic carbocycles. The summed E-state index contributed by atoms with van der Waals surface area (Å²) in [5, 5.41) is 2.94. The van der Waals surface area contributed by atoms with Crippen LogP contribution in [0.5, 0.6) is 0 Å². The molecule has 1 unspecified atom stereocenters. The molecule has 1 atom stereocenters. The molecule has 4 rings (SSSR count). The first-order chi connectivity index (χ1) is 12.8. The molecule has 10 heteroatoms. The molecule has 1 fully saturated rings. The lowest BCUT2D eigenvalue weighted by Crippen LogP contribution is -2.22. The third-order valence-corrected chi connectivity index (χ3v) is 4.59. The summed E-state index contributed by atoms with van der Waals surface area (Å²) in [6.45, 7) is 4.03. The van der Waals surface area contributed by atoms with E-state index in [9.17, 15) is 9.18 Å². The van der Waals surface area contributed by atoms with Crippen LogP contribution in [0.4, 0.5) is 15.1 Å². The van der Waals surface area contributed by atoms with Gasteiger partial charge >= 0.3 is 6.09 Å². The molecule has 0 saturated carbocycles. The Bertz CT molecular complexity index is 1070. The first kappa shape index (κ1) is 17.5. The van der Waals surface area contributed by atoms with E-state index in [0.717, 1.165) is 0 Å². The number of cyclic esters (lactones) is 1. The van der Waals surface area contributed by atoms with Gasteiger partial charge in [0.05, 0.1) is 22.4 Å². The second-order valence-corrected chi connectivity index (χ2v) is 6.89. The number of carbonyl (C=O) groups is 1. The highest BCUT2D eigenvalue weighted by Crippen LogP contribution is 2.33. The largest absolute Gasteiger partial charge is 0.447 e. The first-order valence-electron chi connectivity index (χ1n) is 8.28. The summed E-state index contributed by atoms with van der Waals surface area (Å²) >= 11 is 6.17. The first-order valence-corrected chi connectivity index (χ1v) is 8.66. The van der Waals surface area contributed by atoms with Gasteiger partial charge in [-0.25, -0.2) is 24.1 Å². The summed E-state index contributed by atoms with van der Waals surface area (Å²) in [6, 6.07) is 2.57. The van der Waals surface area contributed by atoms with Gasteiger partial charge in [-0.05, 0) is 26.0 Å². The fourth-order valence-electron chi connectivity index (χ4n) is 3.20. The fourth-order valence-corrected chi connectivity index (χ4v) is 3.40. The molecule has 140 valence electrons. The minimum absolute atomic E-state index is 0.0388. The summed E-state index contributed by atoms with van der Waals surface area (Å²) < 4.78 is 21.7. The highest BCUT2D eigenvalue weighted by Gasteiger charge is 2.30. The van der Waals surface area contributed by atoms with Gasteiger partial charge in [-0.15, -0.1) is 0 Å². The van der Waals surface area contributed by atoms with Crippen LogP contribution in [-0.4, -0.2) is 32.2 Å². The van der Waals surface area contributed by atoms with Gasteiger partial charge in [-0.2, -0.15) is 0 Å². The van der Waals surface area contributed by atoms with Gasteiger partial charge in [0.25, 0.3) is 0 Å². The summed E-state index contributed by atoms with van der Waals surface area (Å²) in [7, 11) is 0. The number of nitrogens with two attached hydrogens (primary N) is 1. The number of hydrogen-bond donors (Lipinski definition) is 2. The quantitative estimate of drug-likeness (QED) is 0.710. The molecular formula is C17H16ClFN6O2. The Hall–Kier alpha value is -2.94. The van der Waals surface area contributed by atoms with Crippen molar-refractivity contribution < 1.29 is 13.9 Å². The molecule has 0 bridgehead atoms. The maximum Gasteiger partial charge on any atom is 0.407 e. The summed E-state index contributed by atoms with van der Waals surface area (Å²) in [6.07, 6.45) is 0.851. The number of ether oxygens (including phenoxy) is 1. The second kappa shape index (κ2) is 6.34. The second-order valence-electron chi connectivity index (χ2n) is 6.48. The van der Waals surface area contributed by atoms with Gasteiger partial charge in [0, 0.05) is 11.6 Å². The van der Waals surface area contributed by atoms with Crippen molar-refractivity contribution in [2.24, 2.45) is 0 Å². The minimum atomic E-state index is -0.526. The number of fused-ring (bicyclic) bond motifs is 1. The zero-order valence-electron chi connectivity index (χ0n) is 14.5. The van der Waals surface area contributed by atoms with Crippen LogP contribution in [0.25, 0.3) is 22.3 Å². The number of carbonyl (C=O) groups excluding carboxylic acids is 1. The number of nitrogens with zero attached hydrogens (tertiary/aromatic N) is 4. The lowest BCUT2D eigenvalue weighted by Gasteiger charge is -2.16. The lowest BCUT2D eigenvalue weighted by atomic mass is 10.1. The standard InChI is InChI=1S/C17H16ClFN6O2/c1-7(2)25-12-4-8(13-9(18)5-21-16(20)24-13)3-10(19)14(12)23-15(25)11-6-27-17(26)22-11/h3-5,7,11H,6H2,1-2H3,(H,22,26)(H2,20,21,24). The number of benzene rings is 1. The Balaban J connectivity index is 1.95. The topological polar surface area (TPSA) is 108 Å². The van der Waals surface area contributed by atoms with Crippen molar-refractivity contribution in [1.29, 1.82) is 0 Å². The van der Waals surface area contributed by atoms with E-state index >= 15 is 0 Å². The molecule has 3 aromatic rings. The van der Waals surface area contributed by atoms with Gasteiger partial charge in [0.1, 0.15) is 24.0 Å². The number of nitrogens with one attached hydrogen (secondary N) is 1. The van der Waals surface area contributed by atoms with Gasteiger partial charge in [0.2, 0.25) is 5.95 Å². The van der Waals surface area contributed by atoms with Crippen LogP contribution in [0.1, 0.15) is 31.8 Å². The number of nitrogen functional groups attached to an aromatic ring is 1. The van der Waals surface area contributed by atoms with Crippen LogP contribution in [0, 0.1) is 5.82 Å². The Labute approximate surface area is 158 Å². The van der Waals surface area contributed by atoms with Gasteiger partial charge < -0.3 is 20.4 Å². The van der Waals surface area contributed by atoms with E-state index in [-0.39, 0.29) is 29.1 Å². The van der Waals surface area contributed by atoms with Gasteiger partial charge in [-0.3, -0.25) is 0 Å². The number of halogens is 2. The van der Waals surface area contributed by atoms with Crippen LogP contribution >= 0.6 is 11.6 Å². The summed E-state index contributed by atoms with van der Waals surface area (Å²) in [4.78, 5) is 23.8. The molecule has 3 heterocycles. The number of imidazole rings is 1. The average molecular weight is 391 g/mol. The predicted molar refractivity (Wildman–Crippen MR) is 97.7 cm³/mol. The van der Waals surface area contributed by atoms with Crippen molar-refractivity contribution in [3.63, 3.8) is 0 Å². The third-order valence-electron chi connectivity index (χ3n) is 4.31. The Morgan fingerprint density at radius 2 is 2.19 bits per heavy atom. The molecule has 0 radical (unpaired) electrons. The van der Waals surface area contributed by atoms with E-state index in [0.29, 0.717) is 22.6 Å². The summed E-state index contributed by atoms with van der Waals surface area (Å²) in [5.74, 6) is 0.0376. The SMILES string of the molecule is CC(C)n1c(C2COC(=O)N2)nc2c(F)cc(-c3nc(N)ncc3Cl)cc21. The molecule has 1 aromatic carbocycles. The van der Waals surface area contributed by atoms with Crippen LogP contribution in [0.15, 0.2) is 18.3 Å². The van der Waals surface area contributed by atoms with E-state index in [1.165, 1.54) is 12.3 Å². The fraction of sp³-hybridized carbons (Fsp3) is 0.294. The van der Waals surface area contributed by atoms with Crippen molar-refractivity contribution in [3.8, 4) is 11.3 Å². The van der Waals surface area contributed by atoms with Crippen molar-refractivity contribution in [3.05, 3.63) is 35.0 Å². The minimum Gasteiger partial charge on any atom is -0.447 e. The van der Waals surface area contributed by atoms with E-state index < -0.39 is 18.0 Å². The Kier molecular flexibility index (Phi) is 4.11. The van der Waals surface area contributed by atoms with Gasteiger partial charge in [0.15, 0.2) is 5.82 Å². The summed E-state index contributed by atoms with van der Waals surface area (Å²) in [5.41, 5.74) is 7.19. The molecule has 1 aliphatic rings. The van der Waals surface area contributed by atoms with Crippen molar-refractivity contribution in [2.45, 2.75) is 25.9 Å². The number of aromatic nitrogens is 4. The van der Waals surface area contributed by atoms with E-state index in [4.69, 9.17) is 22.1 Å². The number of alkyl carbamates (subject to hydrolysis) is 1. The monoisotopic (exact) mass is 390 g/mol. The number of anilines is 1. The zero-order chi connectivity index (χ0) is 19.3. The van der Waals surface area contributed by atoms with Crippen molar-refractivity contribution >= 4 is 34.7 Å². The average Bonchev–Trinajstić information content (AvgIpc) is 3.20. The molecule has 1 saturated heterocycles. The highest BCUT2D eigenvalue weighted by molar-refractivity contribution is 6.33. The smallest absolute Gasteiger partial charge is 0.407 e. The molecule has 3 N–H and O–H groups in total. The maximum atomic E-state index is 14.9. The van der Waals surface area contributed by atoms with E-state index in [1.807, 2.05) is 18.4 Å². The van der Waals surface area contributed by atoms with E-state index in [1.54, 1.807) is 6.07 Å². The van der Waals surface area contributed by atoms with Crippen molar-refractivity contribution in [2.75, 3.05) is 12.3 Å². The lowest BCUT2D eigenvalue weighted by molar-refractivity contribution is 0.176. The van der Waals surface area contributed by atoms with Crippen LogP contribution < -0.4 is 11.1 Å². The van der Waals surface area contributed by atoms with Gasteiger partial charge in [-0.1, -0.05) is 11.6 Å². The Morgan fingerprint density at radius 1 is 1.41 bits per heavy atom. The molecular weight excluding hydrogens is 375 g/mol. The van der Waals surface area contributed by atoms with Crippen LogP contribution in [0.3, 0.4) is 0 Å². The molecule has 27 heavy (non-hydrogen) atoms. The molecule has 1 amide bonds. The molecule has 1 aliphatic heterocycles. The molecule has 2 aromatic heterocycles. The normalized spacial score (nSPS) is 16.8. The number of rotatable bonds is 3. The zero-order valence-corrected chi connectivity index (χ0v) is 15.3. The predicted octanol–water partition coefficient (Wildman–Crippen LogP) is 3.23. The molecule has 8 nitrogen and oxygen atoms in total. The van der Waals surface area contributed by atoms with Crippen LogP contribution in [0.2, 0.25) is 5.02 Å².